The van der Waals surface area contributed by atoms with Crippen molar-refractivity contribution in [1.29, 1.82) is 0 Å². The molecule has 21 heavy (non-hydrogen) atoms. The average Bonchev–Trinajstić information content (AvgIpc) is 3.01. The van der Waals surface area contributed by atoms with Gasteiger partial charge in [0.05, 0.1) is 10.2 Å². The minimum absolute atomic E-state index is 0.315. The van der Waals surface area contributed by atoms with Gasteiger partial charge in [-0.3, -0.25) is 14.8 Å². The van der Waals surface area contributed by atoms with Crippen LogP contribution >= 0.6 is 11.3 Å². The van der Waals surface area contributed by atoms with Crippen LogP contribution in [0, 0.1) is 12.7 Å². The normalized spacial score (nSPS) is 11.0. The van der Waals surface area contributed by atoms with Crippen LogP contribution in [0.4, 0.5) is 9.52 Å². The number of nitrogens with one attached hydrogen (secondary N) is 1. The van der Waals surface area contributed by atoms with Crippen LogP contribution in [-0.4, -0.2) is 20.7 Å². The molecule has 0 saturated carbocycles. The number of halogens is 1. The molecule has 3 rings (SSSR count). The van der Waals surface area contributed by atoms with Gasteiger partial charge in [-0.25, -0.2) is 9.37 Å². The highest BCUT2D eigenvalue weighted by atomic mass is 32.1. The lowest BCUT2D eigenvalue weighted by Gasteiger charge is -1.98. The molecular weight excluding hydrogens is 291 g/mol. The molecule has 0 bridgehead atoms. The monoisotopic (exact) mass is 304 g/mol. The van der Waals surface area contributed by atoms with Gasteiger partial charge in [0.15, 0.2) is 10.8 Å². The fourth-order valence-corrected chi connectivity index (χ4v) is 2.94. The molecule has 7 heteroatoms. The molecule has 0 atom stereocenters. The van der Waals surface area contributed by atoms with Gasteiger partial charge in [-0.15, -0.1) is 0 Å². The molecule has 2 aromatic heterocycles. The van der Waals surface area contributed by atoms with E-state index in [0.717, 1.165) is 5.69 Å². The van der Waals surface area contributed by atoms with Crippen molar-refractivity contribution in [2.24, 2.45) is 0 Å². The molecule has 0 aliphatic heterocycles. The Bertz CT molecular complexity index is 824. The number of fused-ring (bicyclic) bond motifs is 1. The van der Waals surface area contributed by atoms with Gasteiger partial charge < -0.3 is 0 Å². The van der Waals surface area contributed by atoms with Crippen molar-refractivity contribution in [3.05, 3.63) is 41.5 Å². The maximum Gasteiger partial charge on any atom is 0.277 e. The SMILES string of the molecule is CCn1nc(C(=O)Nc2nc3ccc(F)cc3s2)cc1C. The van der Waals surface area contributed by atoms with Crippen molar-refractivity contribution in [3.63, 3.8) is 0 Å². The summed E-state index contributed by atoms with van der Waals surface area (Å²) in [6.45, 7) is 4.57. The number of hydrogen-bond donors (Lipinski definition) is 1. The van der Waals surface area contributed by atoms with E-state index in [0.29, 0.717) is 27.6 Å². The van der Waals surface area contributed by atoms with Gasteiger partial charge in [0.1, 0.15) is 5.82 Å². The van der Waals surface area contributed by atoms with Crippen LogP contribution in [-0.2, 0) is 6.54 Å². The van der Waals surface area contributed by atoms with Crippen LogP contribution in [0.3, 0.4) is 0 Å². The maximum absolute atomic E-state index is 13.1. The molecular formula is C14H13FN4OS. The number of nitrogens with zero attached hydrogens (tertiary/aromatic N) is 3. The smallest absolute Gasteiger partial charge is 0.277 e. The summed E-state index contributed by atoms with van der Waals surface area (Å²) in [7, 11) is 0. The predicted molar refractivity (Wildman–Crippen MR) is 80.2 cm³/mol. The van der Waals surface area contributed by atoms with Crippen molar-refractivity contribution in [1.82, 2.24) is 14.8 Å². The Hall–Kier alpha value is -2.28. The Morgan fingerprint density at radius 2 is 2.24 bits per heavy atom. The first-order valence-corrected chi connectivity index (χ1v) is 7.30. The molecule has 2 heterocycles. The van der Waals surface area contributed by atoms with Crippen molar-refractivity contribution in [2.75, 3.05) is 5.32 Å². The average molecular weight is 304 g/mol. The lowest BCUT2D eigenvalue weighted by Crippen LogP contribution is -2.13. The number of rotatable bonds is 3. The summed E-state index contributed by atoms with van der Waals surface area (Å²) < 4.78 is 15.6. The maximum atomic E-state index is 13.1. The van der Waals surface area contributed by atoms with E-state index in [2.05, 4.69) is 15.4 Å². The van der Waals surface area contributed by atoms with Crippen LogP contribution in [0.2, 0.25) is 0 Å². The van der Waals surface area contributed by atoms with Crippen LogP contribution < -0.4 is 5.32 Å². The van der Waals surface area contributed by atoms with E-state index in [9.17, 15) is 9.18 Å². The first-order chi connectivity index (χ1) is 10.1. The topological polar surface area (TPSA) is 59.8 Å². The van der Waals surface area contributed by atoms with Gasteiger partial charge in [-0.2, -0.15) is 5.10 Å². The predicted octanol–water partition coefficient (Wildman–Crippen LogP) is 3.21. The highest BCUT2D eigenvalue weighted by Gasteiger charge is 2.14. The number of hydrogen-bond acceptors (Lipinski definition) is 4. The molecule has 0 radical (unpaired) electrons. The summed E-state index contributed by atoms with van der Waals surface area (Å²) in [5.41, 5.74) is 1.93. The van der Waals surface area contributed by atoms with E-state index in [-0.39, 0.29) is 11.7 Å². The first-order valence-electron chi connectivity index (χ1n) is 6.48. The van der Waals surface area contributed by atoms with Crippen LogP contribution in [0.25, 0.3) is 10.2 Å². The van der Waals surface area contributed by atoms with E-state index in [1.807, 2.05) is 13.8 Å². The Morgan fingerprint density at radius 3 is 2.95 bits per heavy atom. The van der Waals surface area contributed by atoms with Gasteiger partial charge in [0, 0.05) is 12.2 Å². The Labute approximate surface area is 124 Å². The van der Waals surface area contributed by atoms with Gasteiger partial charge in [-0.05, 0) is 38.1 Å². The quantitative estimate of drug-likeness (QED) is 0.808. The molecule has 0 saturated heterocycles. The van der Waals surface area contributed by atoms with Gasteiger partial charge >= 0.3 is 0 Å². The zero-order valence-electron chi connectivity index (χ0n) is 11.6. The van der Waals surface area contributed by atoms with E-state index in [4.69, 9.17) is 0 Å². The molecule has 0 spiro atoms. The number of benzene rings is 1. The van der Waals surface area contributed by atoms with E-state index < -0.39 is 0 Å². The minimum atomic E-state index is -0.318. The fraction of sp³-hybridized carbons (Fsp3) is 0.214. The molecule has 1 amide bonds. The molecule has 1 aromatic carbocycles. The number of aryl methyl sites for hydroxylation is 2. The molecule has 3 aromatic rings. The van der Waals surface area contributed by atoms with Gasteiger partial charge in [-0.1, -0.05) is 11.3 Å². The van der Waals surface area contributed by atoms with E-state index >= 15 is 0 Å². The Morgan fingerprint density at radius 1 is 1.43 bits per heavy atom. The van der Waals surface area contributed by atoms with Crippen molar-refractivity contribution in [3.8, 4) is 0 Å². The van der Waals surface area contributed by atoms with Crippen LogP contribution in [0.1, 0.15) is 23.1 Å². The Kier molecular flexibility index (Phi) is 3.42. The minimum Gasteiger partial charge on any atom is -0.296 e. The summed E-state index contributed by atoms with van der Waals surface area (Å²) >= 11 is 1.23. The lowest BCUT2D eigenvalue weighted by molar-refractivity contribution is 0.102. The second kappa shape index (κ2) is 5.25. The van der Waals surface area contributed by atoms with Crippen molar-refractivity contribution < 1.29 is 9.18 Å². The second-order valence-corrected chi connectivity index (χ2v) is 5.60. The molecule has 1 N–H and O–H groups in total. The molecule has 0 unspecified atom stereocenters. The standard InChI is InChI=1S/C14H13FN4OS/c1-3-19-8(2)6-11(18-19)13(20)17-14-16-10-5-4-9(15)7-12(10)21-14/h4-7H,3H2,1-2H3,(H,16,17,20). The summed E-state index contributed by atoms with van der Waals surface area (Å²) in [6.07, 6.45) is 0. The van der Waals surface area contributed by atoms with Crippen molar-refractivity contribution in [2.45, 2.75) is 20.4 Å². The zero-order valence-corrected chi connectivity index (χ0v) is 12.4. The number of carbonyl (C=O) groups excluding carboxylic acids is 1. The van der Waals surface area contributed by atoms with Crippen molar-refractivity contribution >= 4 is 32.6 Å². The summed E-state index contributed by atoms with van der Waals surface area (Å²) in [5.74, 6) is -0.633. The lowest BCUT2D eigenvalue weighted by atomic mass is 10.3. The third kappa shape index (κ3) is 2.64. The number of anilines is 1. The molecule has 0 fully saturated rings. The number of aromatic nitrogens is 3. The third-order valence-corrected chi connectivity index (χ3v) is 4.02. The van der Waals surface area contributed by atoms with Crippen LogP contribution in [0.5, 0.6) is 0 Å². The van der Waals surface area contributed by atoms with Gasteiger partial charge in [0.25, 0.3) is 5.91 Å². The molecule has 108 valence electrons. The fourth-order valence-electron chi connectivity index (χ4n) is 2.05. The van der Waals surface area contributed by atoms with E-state index in [1.54, 1.807) is 16.8 Å². The highest BCUT2D eigenvalue weighted by Crippen LogP contribution is 2.26. The zero-order chi connectivity index (χ0) is 15.0. The summed E-state index contributed by atoms with van der Waals surface area (Å²) in [5, 5.41) is 7.35. The third-order valence-electron chi connectivity index (χ3n) is 3.08. The number of amides is 1. The summed E-state index contributed by atoms with van der Waals surface area (Å²) in [6, 6.07) is 6.07. The van der Waals surface area contributed by atoms with E-state index in [1.165, 1.54) is 23.5 Å². The molecule has 5 nitrogen and oxygen atoms in total. The summed E-state index contributed by atoms with van der Waals surface area (Å²) in [4.78, 5) is 16.4. The van der Waals surface area contributed by atoms with Crippen LogP contribution in [0.15, 0.2) is 24.3 Å². The highest BCUT2D eigenvalue weighted by molar-refractivity contribution is 7.22. The van der Waals surface area contributed by atoms with Gasteiger partial charge in [0.2, 0.25) is 0 Å². The number of thiazole rings is 1. The molecule has 0 aliphatic carbocycles. The Balaban J connectivity index is 1.85. The second-order valence-electron chi connectivity index (χ2n) is 4.57. The molecule has 0 aliphatic rings. The largest absolute Gasteiger partial charge is 0.296 e. The first kappa shape index (κ1) is 13.7. The number of carbonyl (C=O) groups is 1.